The summed E-state index contributed by atoms with van der Waals surface area (Å²) in [7, 11) is -3.26. The second-order valence-electron chi connectivity index (χ2n) is 6.61. The number of hydrogen-bond donors (Lipinski definition) is 1. The zero-order valence-electron chi connectivity index (χ0n) is 13.6. The lowest BCUT2D eigenvalue weighted by atomic mass is 9.89. The van der Waals surface area contributed by atoms with Crippen molar-refractivity contribution in [2.75, 3.05) is 12.4 Å². The Balaban J connectivity index is 1.82. The average molecular weight is 320 g/mol. The second kappa shape index (κ2) is 10.6. The number of rotatable bonds is 11. The van der Waals surface area contributed by atoms with Gasteiger partial charge in [-0.3, -0.25) is 0 Å². The van der Waals surface area contributed by atoms with Crippen LogP contribution < -0.4 is 5.14 Å². The molecule has 0 aromatic carbocycles. The lowest BCUT2D eigenvalue weighted by Crippen LogP contribution is -2.21. The fraction of sp³-hybridized carbons (Fsp3) is 1.00. The minimum absolute atomic E-state index is 0.126. The topological polar surface area (TPSA) is 69.4 Å². The molecule has 2 unspecified atom stereocenters. The Morgan fingerprint density at radius 3 is 2.24 bits per heavy atom. The van der Waals surface area contributed by atoms with Gasteiger partial charge >= 0.3 is 0 Å². The van der Waals surface area contributed by atoms with E-state index in [2.05, 4.69) is 6.92 Å². The van der Waals surface area contributed by atoms with Crippen LogP contribution in [0.3, 0.4) is 0 Å². The van der Waals surface area contributed by atoms with Gasteiger partial charge in [-0.05, 0) is 31.6 Å². The zero-order valence-corrected chi connectivity index (χ0v) is 14.4. The Morgan fingerprint density at radius 2 is 1.62 bits per heavy atom. The second-order valence-corrected chi connectivity index (χ2v) is 8.34. The van der Waals surface area contributed by atoms with Gasteiger partial charge in [0.1, 0.15) is 0 Å². The van der Waals surface area contributed by atoms with Gasteiger partial charge in [-0.15, -0.1) is 0 Å². The third-order valence-corrected chi connectivity index (χ3v) is 5.17. The number of hydrogen-bond acceptors (Lipinski definition) is 3. The van der Waals surface area contributed by atoms with E-state index < -0.39 is 10.0 Å². The van der Waals surface area contributed by atoms with Gasteiger partial charge in [0.25, 0.3) is 0 Å². The Labute approximate surface area is 130 Å². The Bertz CT molecular complexity index is 357. The predicted molar refractivity (Wildman–Crippen MR) is 87.7 cm³/mol. The highest BCUT2D eigenvalue weighted by molar-refractivity contribution is 7.89. The molecule has 5 heteroatoms. The monoisotopic (exact) mass is 319 g/mol. The van der Waals surface area contributed by atoms with Crippen LogP contribution in [-0.4, -0.2) is 26.9 Å². The van der Waals surface area contributed by atoms with Crippen LogP contribution >= 0.6 is 0 Å². The molecule has 2 atom stereocenters. The summed E-state index contributed by atoms with van der Waals surface area (Å²) in [6.07, 6.45) is 13.2. The van der Waals surface area contributed by atoms with Crippen molar-refractivity contribution in [2.24, 2.45) is 11.1 Å². The van der Waals surface area contributed by atoms with Gasteiger partial charge in [-0.25, -0.2) is 13.6 Å². The smallest absolute Gasteiger partial charge is 0.209 e. The first kappa shape index (κ1) is 18.9. The van der Waals surface area contributed by atoms with Crippen molar-refractivity contribution in [3.63, 3.8) is 0 Å². The van der Waals surface area contributed by atoms with E-state index in [1.807, 2.05) is 0 Å². The molecular weight excluding hydrogens is 286 g/mol. The number of unbranched alkanes of at least 4 members (excludes halogenated alkanes) is 6. The number of primary sulfonamides is 1. The maximum absolute atomic E-state index is 10.8. The molecular formula is C16H33NO3S. The summed E-state index contributed by atoms with van der Waals surface area (Å²) in [4.78, 5) is 0. The van der Waals surface area contributed by atoms with Gasteiger partial charge in [0.05, 0.1) is 11.9 Å². The van der Waals surface area contributed by atoms with Crippen LogP contribution in [0.15, 0.2) is 0 Å². The van der Waals surface area contributed by atoms with Gasteiger partial charge in [-0.1, -0.05) is 51.9 Å². The molecule has 0 aliphatic heterocycles. The van der Waals surface area contributed by atoms with Gasteiger partial charge < -0.3 is 4.74 Å². The van der Waals surface area contributed by atoms with Crippen LogP contribution in [-0.2, 0) is 14.8 Å². The lowest BCUT2D eigenvalue weighted by Gasteiger charge is -2.26. The van der Waals surface area contributed by atoms with Gasteiger partial charge in [0, 0.05) is 6.61 Å². The Hall–Kier alpha value is -0.130. The van der Waals surface area contributed by atoms with Crippen molar-refractivity contribution < 1.29 is 13.2 Å². The highest BCUT2D eigenvalue weighted by Gasteiger charge is 2.18. The van der Waals surface area contributed by atoms with Crippen LogP contribution in [0.2, 0.25) is 0 Å². The Morgan fingerprint density at radius 1 is 1.00 bits per heavy atom. The summed E-state index contributed by atoms with van der Waals surface area (Å²) in [5, 5.41) is 4.96. The van der Waals surface area contributed by atoms with Crippen molar-refractivity contribution in [3.8, 4) is 0 Å². The fourth-order valence-electron chi connectivity index (χ4n) is 3.07. The molecule has 0 aromatic heterocycles. The molecule has 21 heavy (non-hydrogen) atoms. The minimum Gasteiger partial charge on any atom is -0.378 e. The van der Waals surface area contributed by atoms with Crippen LogP contribution in [0.1, 0.15) is 77.6 Å². The summed E-state index contributed by atoms with van der Waals surface area (Å²) in [6.45, 7) is 3.23. The Kier molecular flexibility index (Phi) is 9.52. The summed E-state index contributed by atoms with van der Waals surface area (Å²) >= 11 is 0. The minimum atomic E-state index is -3.26. The third-order valence-electron chi connectivity index (χ3n) is 4.32. The van der Waals surface area contributed by atoms with Crippen molar-refractivity contribution in [3.05, 3.63) is 0 Å². The maximum atomic E-state index is 10.8. The summed E-state index contributed by atoms with van der Waals surface area (Å²) in [5.74, 6) is 0.960. The fourth-order valence-corrected chi connectivity index (χ4v) is 3.68. The first-order valence-electron chi connectivity index (χ1n) is 8.59. The van der Waals surface area contributed by atoms with Crippen molar-refractivity contribution in [1.29, 1.82) is 0 Å². The molecule has 4 nitrogen and oxygen atoms in total. The molecule has 126 valence electrons. The molecule has 1 aliphatic rings. The first-order valence-corrected chi connectivity index (χ1v) is 10.3. The van der Waals surface area contributed by atoms with E-state index in [-0.39, 0.29) is 5.75 Å². The molecule has 2 N–H and O–H groups in total. The molecule has 0 spiro atoms. The van der Waals surface area contributed by atoms with Crippen LogP contribution in [0.5, 0.6) is 0 Å². The highest BCUT2D eigenvalue weighted by atomic mass is 32.2. The van der Waals surface area contributed by atoms with Crippen molar-refractivity contribution in [2.45, 2.75) is 83.7 Å². The number of ether oxygens (including phenoxy) is 1. The zero-order chi connectivity index (χ0) is 15.6. The predicted octanol–water partition coefficient (Wildman–Crippen LogP) is 3.60. The van der Waals surface area contributed by atoms with Gasteiger partial charge in [0.2, 0.25) is 10.0 Å². The third kappa shape index (κ3) is 11.1. The molecule has 1 fully saturated rings. The van der Waals surface area contributed by atoms with Crippen LogP contribution in [0, 0.1) is 5.92 Å². The average Bonchev–Trinajstić information content (AvgIpc) is 2.40. The van der Waals surface area contributed by atoms with Crippen LogP contribution in [0.4, 0.5) is 0 Å². The van der Waals surface area contributed by atoms with E-state index in [4.69, 9.17) is 9.88 Å². The van der Waals surface area contributed by atoms with E-state index in [9.17, 15) is 8.42 Å². The molecule has 0 radical (unpaired) electrons. The first-order chi connectivity index (χ1) is 9.97. The van der Waals surface area contributed by atoms with Crippen LogP contribution in [0.25, 0.3) is 0 Å². The van der Waals surface area contributed by atoms with E-state index in [1.54, 1.807) is 0 Å². The molecule has 0 aromatic rings. The molecule has 0 bridgehead atoms. The summed E-state index contributed by atoms with van der Waals surface area (Å²) in [6, 6.07) is 0. The van der Waals surface area contributed by atoms with E-state index in [1.165, 1.54) is 44.9 Å². The number of sulfonamides is 1. The molecule has 1 aliphatic carbocycles. The number of nitrogens with two attached hydrogens (primary N) is 1. The maximum Gasteiger partial charge on any atom is 0.209 e. The molecule has 1 saturated carbocycles. The molecule has 0 amide bonds. The van der Waals surface area contributed by atoms with E-state index in [0.29, 0.717) is 12.5 Å². The quantitative estimate of drug-likeness (QED) is 0.592. The lowest BCUT2D eigenvalue weighted by molar-refractivity contribution is 0.0137. The van der Waals surface area contributed by atoms with E-state index >= 15 is 0 Å². The molecule has 0 heterocycles. The summed E-state index contributed by atoms with van der Waals surface area (Å²) in [5.41, 5.74) is 0. The summed E-state index contributed by atoms with van der Waals surface area (Å²) < 4.78 is 27.5. The van der Waals surface area contributed by atoms with Crippen molar-refractivity contribution >= 4 is 10.0 Å². The molecule has 1 rings (SSSR count). The van der Waals surface area contributed by atoms with Gasteiger partial charge in [-0.2, -0.15) is 0 Å². The molecule has 0 saturated heterocycles. The normalized spacial score (nSPS) is 23.3. The largest absolute Gasteiger partial charge is 0.378 e. The highest BCUT2D eigenvalue weighted by Crippen LogP contribution is 2.25. The van der Waals surface area contributed by atoms with Crippen molar-refractivity contribution in [1.82, 2.24) is 0 Å². The van der Waals surface area contributed by atoms with E-state index in [0.717, 1.165) is 31.8 Å². The standard InChI is InChI=1S/C16H33NO3S/c1-15-10-9-11-16(14-15)20-12-7-5-3-2-4-6-8-13-21(17,18)19/h15-16H,2-14H2,1H3,(H2,17,18,19). The van der Waals surface area contributed by atoms with Gasteiger partial charge in [0.15, 0.2) is 0 Å². The SMILES string of the molecule is CC1CCCC(OCCCCCCCCCS(N)(=O)=O)C1.